The second kappa shape index (κ2) is 6.27. The molecule has 2 aliphatic rings. The third-order valence-corrected chi connectivity index (χ3v) is 4.15. The molecule has 1 unspecified atom stereocenters. The predicted octanol–water partition coefficient (Wildman–Crippen LogP) is 2.99. The number of hydrogen-bond acceptors (Lipinski definition) is 3. The van der Waals surface area contributed by atoms with Crippen molar-refractivity contribution in [2.75, 3.05) is 5.32 Å². The fraction of sp³-hybridized carbons (Fsp3) is 0.533. The molecule has 3 rings (SSSR count). The highest BCUT2D eigenvalue weighted by Gasteiger charge is 2.34. The summed E-state index contributed by atoms with van der Waals surface area (Å²) >= 11 is 0. The number of piperidine rings is 1. The summed E-state index contributed by atoms with van der Waals surface area (Å²) in [5, 5.41) is 9.03. The first-order valence-corrected chi connectivity index (χ1v) is 7.57. The summed E-state index contributed by atoms with van der Waals surface area (Å²) in [6.45, 7) is 0. The molecule has 23 heavy (non-hydrogen) atoms. The van der Waals surface area contributed by atoms with Crippen LogP contribution in [0, 0.1) is 0 Å². The van der Waals surface area contributed by atoms with Crippen molar-refractivity contribution < 1.29 is 22.7 Å². The highest BCUT2D eigenvalue weighted by molar-refractivity contribution is 5.89. The largest absolute Gasteiger partial charge is 0.573 e. The summed E-state index contributed by atoms with van der Waals surface area (Å²) in [6.07, 6.45) is -0.623. The molecule has 2 amide bonds. The lowest BCUT2D eigenvalue weighted by Gasteiger charge is -2.29. The molecule has 1 aromatic carbocycles. The summed E-state index contributed by atoms with van der Waals surface area (Å²) in [5.41, 5.74) is 0.411. The highest BCUT2D eigenvalue weighted by Crippen LogP contribution is 2.27. The number of carbonyl (C=O) groups is 1. The number of amides is 2. The van der Waals surface area contributed by atoms with Gasteiger partial charge in [-0.05, 0) is 49.9 Å². The maximum Gasteiger partial charge on any atom is 0.573 e. The van der Waals surface area contributed by atoms with Crippen LogP contribution in [-0.2, 0) is 0 Å². The smallest absolute Gasteiger partial charge is 0.406 e. The Bertz CT molecular complexity index is 550. The van der Waals surface area contributed by atoms with Gasteiger partial charge in [0.2, 0.25) is 0 Å². The Morgan fingerprint density at radius 3 is 2.30 bits per heavy atom. The van der Waals surface area contributed by atoms with E-state index < -0.39 is 6.36 Å². The Morgan fingerprint density at radius 2 is 1.74 bits per heavy atom. The molecule has 0 saturated carbocycles. The van der Waals surface area contributed by atoms with Crippen LogP contribution in [0.2, 0.25) is 0 Å². The zero-order valence-corrected chi connectivity index (χ0v) is 12.3. The molecule has 2 bridgehead atoms. The molecule has 0 radical (unpaired) electrons. The number of fused-ring (bicyclic) bond motifs is 2. The molecular formula is C15H18F3N3O2. The van der Waals surface area contributed by atoms with Crippen molar-refractivity contribution in [2.45, 2.75) is 50.2 Å². The average Bonchev–Trinajstić information content (AvgIpc) is 2.78. The van der Waals surface area contributed by atoms with E-state index in [4.69, 9.17) is 0 Å². The molecule has 8 heteroatoms. The minimum absolute atomic E-state index is 0.126. The second-order valence-electron chi connectivity index (χ2n) is 5.98. The van der Waals surface area contributed by atoms with Crippen LogP contribution >= 0.6 is 0 Å². The van der Waals surface area contributed by atoms with Gasteiger partial charge in [-0.1, -0.05) is 0 Å². The molecule has 0 spiro atoms. The van der Waals surface area contributed by atoms with E-state index >= 15 is 0 Å². The van der Waals surface area contributed by atoms with E-state index in [9.17, 15) is 18.0 Å². The van der Waals surface area contributed by atoms with Gasteiger partial charge in [-0.3, -0.25) is 0 Å². The van der Waals surface area contributed by atoms with Gasteiger partial charge < -0.3 is 20.7 Å². The molecule has 126 valence electrons. The summed E-state index contributed by atoms with van der Waals surface area (Å²) in [6, 6.07) is 5.78. The lowest BCUT2D eigenvalue weighted by Crippen LogP contribution is -2.49. The van der Waals surface area contributed by atoms with Crippen molar-refractivity contribution in [3.63, 3.8) is 0 Å². The predicted molar refractivity (Wildman–Crippen MR) is 78.2 cm³/mol. The normalized spacial score (nSPS) is 26.7. The van der Waals surface area contributed by atoms with E-state index in [-0.39, 0.29) is 17.8 Å². The number of halogens is 3. The third-order valence-electron chi connectivity index (χ3n) is 4.15. The van der Waals surface area contributed by atoms with E-state index in [2.05, 4.69) is 20.7 Å². The number of alkyl halides is 3. The zero-order chi connectivity index (χ0) is 16.4. The minimum atomic E-state index is -4.72. The Kier molecular flexibility index (Phi) is 4.34. The van der Waals surface area contributed by atoms with E-state index in [1.54, 1.807) is 0 Å². The van der Waals surface area contributed by atoms with Crippen molar-refractivity contribution in [3.8, 4) is 5.75 Å². The quantitative estimate of drug-likeness (QED) is 0.799. The van der Waals surface area contributed by atoms with Crippen LogP contribution in [0.4, 0.5) is 23.7 Å². The molecule has 2 fully saturated rings. The highest BCUT2D eigenvalue weighted by atomic mass is 19.4. The number of benzene rings is 1. The van der Waals surface area contributed by atoms with Gasteiger partial charge in [0.1, 0.15) is 5.75 Å². The SMILES string of the molecule is O=C(Nc1ccc(OC(F)(F)F)cc1)NC1C[C@H]2CC[C@@H](C1)N2. The van der Waals surface area contributed by atoms with Crippen molar-refractivity contribution in [1.29, 1.82) is 0 Å². The summed E-state index contributed by atoms with van der Waals surface area (Å²) < 4.78 is 40.0. The maximum absolute atomic E-state index is 12.1. The van der Waals surface area contributed by atoms with Crippen LogP contribution in [0.5, 0.6) is 5.75 Å². The van der Waals surface area contributed by atoms with Crippen molar-refractivity contribution in [1.82, 2.24) is 10.6 Å². The van der Waals surface area contributed by atoms with Gasteiger partial charge in [0.25, 0.3) is 0 Å². The summed E-state index contributed by atoms with van der Waals surface area (Å²) in [5.74, 6) is -0.321. The van der Waals surface area contributed by atoms with Gasteiger partial charge in [0, 0.05) is 23.8 Å². The Hall–Kier alpha value is -1.96. The molecule has 0 aromatic heterocycles. The van der Waals surface area contributed by atoms with E-state index in [0.29, 0.717) is 17.8 Å². The van der Waals surface area contributed by atoms with Crippen molar-refractivity contribution in [2.24, 2.45) is 0 Å². The van der Waals surface area contributed by atoms with E-state index in [1.807, 2.05) is 0 Å². The monoisotopic (exact) mass is 329 g/mol. The lowest BCUT2D eigenvalue weighted by atomic mass is 10.0. The van der Waals surface area contributed by atoms with Gasteiger partial charge in [-0.15, -0.1) is 13.2 Å². The van der Waals surface area contributed by atoms with Gasteiger partial charge in [0.15, 0.2) is 0 Å². The van der Waals surface area contributed by atoms with Crippen LogP contribution in [0.3, 0.4) is 0 Å². The van der Waals surface area contributed by atoms with Gasteiger partial charge in [0.05, 0.1) is 0 Å². The Balaban J connectivity index is 1.50. The van der Waals surface area contributed by atoms with Crippen LogP contribution in [0.25, 0.3) is 0 Å². The Morgan fingerprint density at radius 1 is 1.13 bits per heavy atom. The Labute approximate surface area is 131 Å². The van der Waals surface area contributed by atoms with E-state index in [0.717, 1.165) is 37.8 Å². The van der Waals surface area contributed by atoms with Crippen molar-refractivity contribution >= 4 is 11.7 Å². The van der Waals surface area contributed by atoms with Gasteiger partial charge in [-0.2, -0.15) is 0 Å². The number of hydrogen-bond donors (Lipinski definition) is 3. The van der Waals surface area contributed by atoms with Crippen LogP contribution < -0.4 is 20.7 Å². The zero-order valence-electron chi connectivity index (χ0n) is 12.3. The molecule has 0 aliphatic carbocycles. The molecule has 5 nitrogen and oxygen atoms in total. The number of anilines is 1. The molecule has 3 N–H and O–H groups in total. The molecule has 3 atom stereocenters. The first-order valence-electron chi connectivity index (χ1n) is 7.57. The number of carbonyl (C=O) groups excluding carboxylic acids is 1. The minimum Gasteiger partial charge on any atom is -0.406 e. The first kappa shape index (κ1) is 15.9. The van der Waals surface area contributed by atoms with Crippen LogP contribution in [0.1, 0.15) is 25.7 Å². The van der Waals surface area contributed by atoms with Crippen LogP contribution in [0.15, 0.2) is 24.3 Å². The fourth-order valence-corrected chi connectivity index (χ4v) is 3.27. The molecule has 2 heterocycles. The molecule has 1 aromatic rings. The average molecular weight is 329 g/mol. The number of nitrogens with one attached hydrogen (secondary N) is 3. The standard InChI is InChI=1S/C15H18F3N3O2/c16-15(17,18)23-13-5-3-9(4-6-13)20-14(22)21-12-7-10-1-2-11(8-12)19-10/h3-6,10-12,19H,1-2,7-8H2,(H2,20,21,22)/t10-,11+,12?. The first-order chi connectivity index (χ1) is 10.9. The molecule has 2 aliphatic heterocycles. The lowest BCUT2D eigenvalue weighted by molar-refractivity contribution is -0.274. The van der Waals surface area contributed by atoms with Crippen LogP contribution in [-0.4, -0.2) is 30.5 Å². The summed E-state index contributed by atoms with van der Waals surface area (Å²) in [4.78, 5) is 12.0. The number of rotatable bonds is 3. The summed E-state index contributed by atoms with van der Waals surface area (Å²) in [7, 11) is 0. The maximum atomic E-state index is 12.1. The van der Waals surface area contributed by atoms with Gasteiger partial charge >= 0.3 is 12.4 Å². The van der Waals surface area contributed by atoms with Gasteiger partial charge in [-0.25, -0.2) is 4.79 Å². The fourth-order valence-electron chi connectivity index (χ4n) is 3.27. The third kappa shape index (κ3) is 4.51. The number of urea groups is 1. The van der Waals surface area contributed by atoms with E-state index in [1.165, 1.54) is 12.1 Å². The molecule has 2 saturated heterocycles. The topological polar surface area (TPSA) is 62.4 Å². The number of ether oxygens (including phenoxy) is 1. The second-order valence-corrected chi connectivity index (χ2v) is 5.98. The van der Waals surface area contributed by atoms with Crippen molar-refractivity contribution in [3.05, 3.63) is 24.3 Å². The molecular weight excluding hydrogens is 311 g/mol.